The van der Waals surface area contributed by atoms with Gasteiger partial charge in [0.1, 0.15) is 24.4 Å². The van der Waals surface area contributed by atoms with Gasteiger partial charge in [-0.25, -0.2) is 0 Å². The molecule has 1 aromatic heterocycles. The minimum Gasteiger partial charge on any atom is -0.486 e. The first-order valence-corrected chi connectivity index (χ1v) is 5.06. The van der Waals surface area contributed by atoms with Crippen molar-refractivity contribution in [2.75, 3.05) is 0 Å². The van der Waals surface area contributed by atoms with E-state index in [9.17, 15) is 4.79 Å². The highest BCUT2D eigenvalue weighted by Gasteiger charge is 1.98. The van der Waals surface area contributed by atoms with Crippen LogP contribution in [0.3, 0.4) is 0 Å². The van der Waals surface area contributed by atoms with Crippen LogP contribution in [0, 0.1) is 0 Å². The topological polar surface area (TPSA) is 39.4 Å². The maximum Gasteiger partial charge on any atom is 0.146 e. The molecule has 0 aliphatic rings. The Labute approximate surface area is 93.7 Å². The van der Waals surface area contributed by atoms with Crippen LogP contribution in [0.2, 0.25) is 0 Å². The normalized spacial score (nSPS) is 10.0. The molecular weight excluding hydrogens is 204 g/mol. The van der Waals surface area contributed by atoms with E-state index in [1.54, 1.807) is 6.26 Å². The molecule has 0 amide bonds. The van der Waals surface area contributed by atoms with Crippen molar-refractivity contribution in [1.82, 2.24) is 0 Å². The van der Waals surface area contributed by atoms with Crippen molar-refractivity contribution < 1.29 is 13.9 Å². The summed E-state index contributed by atoms with van der Waals surface area (Å²) in [4.78, 5) is 10.3. The Morgan fingerprint density at radius 2 is 2.00 bits per heavy atom. The number of hydrogen-bond acceptors (Lipinski definition) is 3. The highest BCUT2D eigenvalue weighted by molar-refractivity contribution is 5.55. The van der Waals surface area contributed by atoms with Crippen LogP contribution in [0.5, 0.6) is 5.75 Å². The molecule has 3 nitrogen and oxygen atoms in total. The first-order valence-electron chi connectivity index (χ1n) is 5.06. The molecule has 0 N–H and O–H groups in total. The first-order chi connectivity index (χ1) is 7.88. The van der Waals surface area contributed by atoms with Gasteiger partial charge in [-0.2, -0.15) is 0 Å². The molecule has 0 radical (unpaired) electrons. The van der Waals surface area contributed by atoms with Crippen LogP contribution in [0.15, 0.2) is 47.1 Å². The summed E-state index contributed by atoms with van der Waals surface area (Å²) in [5.74, 6) is 1.56. The predicted molar refractivity (Wildman–Crippen MR) is 59.3 cm³/mol. The predicted octanol–water partition coefficient (Wildman–Crippen LogP) is 2.60. The molecule has 1 aromatic carbocycles. The molecule has 0 spiro atoms. The molecule has 2 rings (SSSR count). The van der Waals surface area contributed by atoms with Gasteiger partial charge < -0.3 is 13.9 Å². The van der Waals surface area contributed by atoms with Crippen molar-refractivity contribution in [2.45, 2.75) is 13.0 Å². The van der Waals surface area contributed by atoms with Gasteiger partial charge in [0.25, 0.3) is 0 Å². The second-order valence-corrected chi connectivity index (χ2v) is 3.38. The van der Waals surface area contributed by atoms with Crippen LogP contribution in [-0.4, -0.2) is 6.29 Å². The largest absolute Gasteiger partial charge is 0.486 e. The lowest BCUT2D eigenvalue weighted by Gasteiger charge is -2.04. The summed E-state index contributed by atoms with van der Waals surface area (Å²) in [7, 11) is 0. The molecule has 0 saturated carbocycles. The van der Waals surface area contributed by atoms with Gasteiger partial charge in [-0.05, 0) is 29.8 Å². The van der Waals surface area contributed by atoms with Crippen molar-refractivity contribution in [3.63, 3.8) is 0 Å². The van der Waals surface area contributed by atoms with Crippen LogP contribution < -0.4 is 4.74 Å². The molecule has 1 heterocycles. The fourth-order valence-electron chi connectivity index (χ4n) is 1.37. The molecule has 2 aromatic rings. The monoisotopic (exact) mass is 216 g/mol. The molecule has 0 atom stereocenters. The second kappa shape index (κ2) is 5.16. The summed E-state index contributed by atoms with van der Waals surface area (Å²) >= 11 is 0. The third-order valence-corrected chi connectivity index (χ3v) is 2.20. The van der Waals surface area contributed by atoms with E-state index in [-0.39, 0.29) is 0 Å². The second-order valence-electron chi connectivity index (χ2n) is 3.38. The van der Waals surface area contributed by atoms with E-state index in [1.165, 1.54) is 0 Å². The van der Waals surface area contributed by atoms with Gasteiger partial charge >= 0.3 is 0 Å². The van der Waals surface area contributed by atoms with E-state index in [1.807, 2.05) is 36.4 Å². The zero-order valence-electron chi connectivity index (χ0n) is 8.76. The van der Waals surface area contributed by atoms with Crippen molar-refractivity contribution in [1.29, 1.82) is 0 Å². The summed E-state index contributed by atoms with van der Waals surface area (Å²) in [6.07, 6.45) is 2.95. The van der Waals surface area contributed by atoms with Gasteiger partial charge in [-0.15, -0.1) is 0 Å². The third kappa shape index (κ3) is 2.73. The van der Waals surface area contributed by atoms with Crippen molar-refractivity contribution in [2.24, 2.45) is 0 Å². The van der Waals surface area contributed by atoms with Crippen LogP contribution in [0.25, 0.3) is 0 Å². The van der Waals surface area contributed by atoms with E-state index in [0.29, 0.717) is 13.0 Å². The van der Waals surface area contributed by atoms with E-state index < -0.39 is 0 Å². The number of carbonyl (C=O) groups excluding carboxylic acids is 1. The summed E-state index contributed by atoms with van der Waals surface area (Å²) in [6, 6.07) is 11.1. The lowest BCUT2D eigenvalue weighted by Crippen LogP contribution is -1.94. The molecule has 16 heavy (non-hydrogen) atoms. The number of rotatable bonds is 5. The minimum atomic E-state index is 0.417. The Bertz CT molecular complexity index is 429. The molecule has 3 heteroatoms. The van der Waals surface area contributed by atoms with Crippen LogP contribution in [0.4, 0.5) is 0 Å². The highest BCUT2D eigenvalue weighted by atomic mass is 16.5. The number of aldehydes is 1. The Morgan fingerprint density at radius 1 is 1.19 bits per heavy atom. The molecule has 0 saturated heterocycles. The lowest BCUT2D eigenvalue weighted by atomic mass is 10.2. The summed E-state index contributed by atoms with van der Waals surface area (Å²) < 4.78 is 10.6. The van der Waals surface area contributed by atoms with Gasteiger partial charge in [-0.1, -0.05) is 12.1 Å². The number of carbonyl (C=O) groups is 1. The number of furan rings is 1. The van der Waals surface area contributed by atoms with Crippen molar-refractivity contribution >= 4 is 6.29 Å². The zero-order valence-corrected chi connectivity index (χ0v) is 8.76. The molecule has 0 unspecified atom stereocenters. The SMILES string of the molecule is O=CCc1ccc(OCc2ccco2)cc1. The molecule has 0 aliphatic heterocycles. The fourth-order valence-corrected chi connectivity index (χ4v) is 1.37. The molecular formula is C13H12O3. The smallest absolute Gasteiger partial charge is 0.146 e. The number of benzene rings is 1. The van der Waals surface area contributed by atoms with Crippen LogP contribution in [0.1, 0.15) is 11.3 Å². The number of ether oxygens (including phenoxy) is 1. The summed E-state index contributed by atoms with van der Waals surface area (Å²) in [5.41, 5.74) is 0.986. The highest BCUT2D eigenvalue weighted by Crippen LogP contribution is 2.14. The molecule has 82 valence electrons. The third-order valence-electron chi connectivity index (χ3n) is 2.20. The average molecular weight is 216 g/mol. The zero-order chi connectivity index (χ0) is 11.2. The van der Waals surface area contributed by atoms with Crippen LogP contribution in [-0.2, 0) is 17.8 Å². The standard InChI is InChI=1S/C13H12O3/c14-8-7-11-3-5-12(6-4-11)16-10-13-2-1-9-15-13/h1-6,8-9H,7,10H2. The number of hydrogen-bond donors (Lipinski definition) is 0. The van der Waals surface area contributed by atoms with Crippen LogP contribution >= 0.6 is 0 Å². The quantitative estimate of drug-likeness (QED) is 0.721. The van der Waals surface area contributed by atoms with Gasteiger partial charge in [0.2, 0.25) is 0 Å². The molecule has 0 fully saturated rings. The molecule has 0 bridgehead atoms. The first kappa shape index (κ1) is 10.5. The maximum absolute atomic E-state index is 10.3. The van der Waals surface area contributed by atoms with Gasteiger partial charge in [0, 0.05) is 6.42 Å². The Hall–Kier alpha value is -2.03. The van der Waals surface area contributed by atoms with Gasteiger partial charge in [0.15, 0.2) is 0 Å². The van der Waals surface area contributed by atoms with Crippen molar-refractivity contribution in [3.8, 4) is 5.75 Å². The van der Waals surface area contributed by atoms with E-state index in [4.69, 9.17) is 9.15 Å². The van der Waals surface area contributed by atoms with Gasteiger partial charge in [-0.3, -0.25) is 0 Å². The average Bonchev–Trinajstić information content (AvgIpc) is 2.82. The maximum atomic E-state index is 10.3. The minimum absolute atomic E-state index is 0.417. The Balaban J connectivity index is 1.92. The fraction of sp³-hybridized carbons (Fsp3) is 0.154. The van der Waals surface area contributed by atoms with Gasteiger partial charge in [0.05, 0.1) is 6.26 Å². The molecule has 0 aliphatic carbocycles. The Kier molecular flexibility index (Phi) is 3.38. The summed E-state index contributed by atoms with van der Waals surface area (Å²) in [5, 5.41) is 0. The Morgan fingerprint density at radius 3 is 2.62 bits per heavy atom. The van der Waals surface area contributed by atoms with Crippen molar-refractivity contribution in [3.05, 3.63) is 54.0 Å². The van der Waals surface area contributed by atoms with E-state index >= 15 is 0 Å². The summed E-state index contributed by atoms with van der Waals surface area (Å²) in [6.45, 7) is 0.417. The lowest BCUT2D eigenvalue weighted by molar-refractivity contribution is -0.107. The van der Waals surface area contributed by atoms with E-state index in [0.717, 1.165) is 23.4 Å². The van der Waals surface area contributed by atoms with E-state index in [2.05, 4.69) is 0 Å².